The van der Waals surface area contributed by atoms with Crippen LogP contribution in [0.3, 0.4) is 0 Å². The molecule has 0 saturated heterocycles. The first-order valence-corrected chi connectivity index (χ1v) is 13.4. The molecule has 0 aliphatic rings. The first-order valence-electron chi connectivity index (χ1n) is 13.4. The molecule has 41 heavy (non-hydrogen) atoms. The Morgan fingerprint density at radius 3 is 1.78 bits per heavy atom. The van der Waals surface area contributed by atoms with Gasteiger partial charge in [-0.15, -0.1) is 0 Å². The van der Waals surface area contributed by atoms with E-state index in [1.54, 1.807) is 13.8 Å². The molecule has 0 radical (unpaired) electrons. The van der Waals surface area contributed by atoms with Crippen LogP contribution in [-0.4, -0.2) is 78.0 Å². The molecule has 228 valence electrons. The summed E-state index contributed by atoms with van der Waals surface area (Å²) in [6, 6.07) is 4.92. The van der Waals surface area contributed by atoms with Crippen molar-refractivity contribution in [3.05, 3.63) is 35.9 Å². The van der Waals surface area contributed by atoms with Crippen LogP contribution in [0.4, 0.5) is 0 Å². The van der Waals surface area contributed by atoms with Crippen LogP contribution in [0.25, 0.3) is 0 Å². The molecule has 0 aromatic heterocycles. The topological polar surface area (TPSA) is 279 Å². The van der Waals surface area contributed by atoms with Crippen molar-refractivity contribution in [3.63, 3.8) is 0 Å². The third-order valence-electron chi connectivity index (χ3n) is 6.02. The van der Waals surface area contributed by atoms with Crippen molar-refractivity contribution in [1.29, 1.82) is 0 Å². The number of hydrogen-bond donors (Lipinski definition) is 9. The van der Waals surface area contributed by atoms with Crippen LogP contribution in [0.2, 0.25) is 0 Å². The molecule has 0 heterocycles. The Balaban J connectivity index is 2.97. The van der Waals surface area contributed by atoms with Crippen molar-refractivity contribution in [2.45, 2.75) is 70.1 Å². The second-order valence-corrected chi connectivity index (χ2v) is 9.88. The average Bonchev–Trinajstić information content (AvgIpc) is 2.90. The summed E-state index contributed by atoms with van der Waals surface area (Å²) in [7, 11) is 0. The monoisotopic (exact) mass is 576 g/mol. The van der Waals surface area contributed by atoms with E-state index in [0.29, 0.717) is 12.8 Å². The maximum absolute atomic E-state index is 13.3. The van der Waals surface area contributed by atoms with Crippen molar-refractivity contribution in [1.82, 2.24) is 16.0 Å². The summed E-state index contributed by atoms with van der Waals surface area (Å²) in [5, 5.41) is 17.4. The molecule has 15 heteroatoms. The summed E-state index contributed by atoms with van der Waals surface area (Å²) in [5.41, 5.74) is 28.2. The number of aliphatic imine (C=N–C) groups is 2. The fourth-order valence-electron chi connectivity index (χ4n) is 3.82. The number of benzene rings is 1. The van der Waals surface area contributed by atoms with Crippen LogP contribution in [0.1, 0.15) is 45.1 Å². The maximum atomic E-state index is 13.3. The lowest BCUT2D eigenvalue weighted by molar-refractivity contribution is -0.142. The second-order valence-electron chi connectivity index (χ2n) is 9.88. The Labute approximate surface area is 239 Å². The Kier molecular flexibility index (Phi) is 15.2. The highest BCUT2D eigenvalue weighted by Gasteiger charge is 2.31. The number of hydrogen-bond acceptors (Lipinski definition) is 7. The van der Waals surface area contributed by atoms with Crippen molar-refractivity contribution < 1.29 is 24.3 Å². The zero-order valence-electron chi connectivity index (χ0n) is 23.6. The second kappa shape index (κ2) is 18.0. The average molecular weight is 577 g/mol. The van der Waals surface area contributed by atoms with Gasteiger partial charge in [0, 0.05) is 13.1 Å². The number of guanidine groups is 2. The Hall–Kier alpha value is -4.40. The SMILES string of the molecule is CC(C)C(NC(=O)C(N)Cc1ccccc1)C(=O)NC(CCCN=C(N)N)C(=O)NC(CCCN=C(N)N)C(=O)O. The van der Waals surface area contributed by atoms with Crippen molar-refractivity contribution in [2.24, 2.45) is 44.6 Å². The highest BCUT2D eigenvalue weighted by Crippen LogP contribution is 2.08. The van der Waals surface area contributed by atoms with Gasteiger partial charge in [0.1, 0.15) is 18.1 Å². The van der Waals surface area contributed by atoms with E-state index in [1.807, 2.05) is 30.3 Å². The highest BCUT2D eigenvalue weighted by atomic mass is 16.4. The van der Waals surface area contributed by atoms with Gasteiger partial charge in [0.25, 0.3) is 0 Å². The number of nitrogens with two attached hydrogens (primary N) is 5. The Morgan fingerprint density at radius 2 is 1.29 bits per heavy atom. The van der Waals surface area contributed by atoms with E-state index < -0.39 is 47.9 Å². The van der Waals surface area contributed by atoms with Gasteiger partial charge < -0.3 is 49.7 Å². The van der Waals surface area contributed by atoms with Gasteiger partial charge in [-0.2, -0.15) is 0 Å². The lowest BCUT2D eigenvalue weighted by Gasteiger charge is -2.27. The molecule has 0 aliphatic heterocycles. The third kappa shape index (κ3) is 14.0. The molecular weight excluding hydrogens is 532 g/mol. The van der Waals surface area contributed by atoms with Crippen LogP contribution in [0.5, 0.6) is 0 Å². The van der Waals surface area contributed by atoms with Crippen molar-refractivity contribution >= 4 is 35.6 Å². The predicted octanol–water partition coefficient (Wildman–Crippen LogP) is -2.14. The molecule has 0 spiro atoms. The summed E-state index contributed by atoms with van der Waals surface area (Å²) in [5.74, 6) is -3.73. The fraction of sp³-hybridized carbons (Fsp3) is 0.538. The summed E-state index contributed by atoms with van der Waals surface area (Å²) in [6.07, 6.45) is 1.02. The van der Waals surface area contributed by atoms with Crippen LogP contribution >= 0.6 is 0 Å². The van der Waals surface area contributed by atoms with E-state index in [2.05, 4.69) is 25.9 Å². The fourth-order valence-corrected chi connectivity index (χ4v) is 3.82. The molecule has 0 aliphatic carbocycles. The lowest BCUT2D eigenvalue weighted by Crippen LogP contribution is -2.58. The molecule has 15 nitrogen and oxygen atoms in total. The Bertz CT molecular complexity index is 1060. The molecule has 0 saturated carbocycles. The van der Waals surface area contributed by atoms with E-state index in [1.165, 1.54) is 0 Å². The number of rotatable bonds is 18. The van der Waals surface area contributed by atoms with Crippen LogP contribution in [0, 0.1) is 5.92 Å². The van der Waals surface area contributed by atoms with E-state index >= 15 is 0 Å². The third-order valence-corrected chi connectivity index (χ3v) is 6.02. The van der Waals surface area contributed by atoms with Gasteiger partial charge in [0.2, 0.25) is 17.7 Å². The van der Waals surface area contributed by atoms with E-state index in [9.17, 15) is 24.3 Å². The molecule has 0 fully saturated rings. The summed E-state index contributed by atoms with van der Waals surface area (Å²) in [4.78, 5) is 58.7. The zero-order valence-corrected chi connectivity index (χ0v) is 23.6. The number of nitrogens with zero attached hydrogens (tertiary/aromatic N) is 2. The minimum Gasteiger partial charge on any atom is -0.480 e. The van der Waals surface area contributed by atoms with Crippen LogP contribution in [-0.2, 0) is 25.6 Å². The molecule has 1 aromatic rings. The molecule has 4 atom stereocenters. The van der Waals surface area contributed by atoms with E-state index in [0.717, 1.165) is 5.56 Å². The number of carbonyl (C=O) groups excluding carboxylic acids is 3. The van der Waals surface area contributed by atoms with Crippen LogP contribution in [0.15, 0.2) is 40.3 Å². The predicted molar refractivity (Wildman–Crippen MR) is 156 cm³/mol. The van der Waals surface area contributed by atoms with Crippen LogP contribution < -0.4 is 44.6 Å². The Morgan fingerprint density at radius 1 is 0.780 bits per heavy atom. The highest BCUT2D eigenvalue weighted by molar-refractivity contribution is 5.94. The number of amides is 3. The first kappa shape index (κ1) is 34.6. The molecule has 1 rings (SSSR count). The van der Waals surface area contributed by atoms with E-state index in [4.69, 9.17) is 28.7 Å². The quantitative estimate of drug-likeness (QED) is 0.0519. The maximum Gasteiger partial charge on any atom is 0.326 e. The minimum absolute atomic E-state index is 0.0521. The van der Waals surface area contributed by atoms with Crippen molar-refractivity contribution in [3.8, 4) is 0 Å². The van der Waals surface area contributed by atoms with Gasteiger partial charge in [-0.25, -0.2) is 4.79 Å². The molecule has 3 amide bonds. The summed E-state index contributed by atoms with van der Waals surface area (Å²) >= 11 is 0. The van der Waals surface area contributed by atoms with Gasteiger partial charge in [-0.3, -0.25) is 24.4 Å². The van der Waals surface area contributed by atoms with Crippen molar-refractivity contribution in [2.75, 3.05) is 13.1 Å². The molecule has 1 aromatic carbocycles. The zero-order chi connectivity index (χ0) is 30.9. The summed E-state index contributed by atoms with van der Waals surface area (Å²) in [6.45, 7) is 3.83. The molecule has 4 unspecified atom stereocenters. The molecular formula is C26H44N10O5. The number of carboxylic acids is 1. The largest absolute Gasteiger partial charge is 0.480 e. The first-order chi connectivity index (χ1) is 19.3. The number of nitrogens with one attached hydrogen (secondary N) is 3. The summed E-state index contributed by atoms with van der Waals surface area (Å²) < 4.78 is 0. The molecule has 14 N–H and O–H groups in total. The van der Waals surface area contributed by atoms with Gasteiger partial charge in [-0.1, -0.05) is 44.2 Å². The number of carboxylic acid groups (broad SMARTS) is 1. The molecule has 0 bridgehead atoms. The normalized spacial score (nSPS) is 13.7. The van der Waals surface area contributed by atoms with Gasteiger partial charge >= 0.3 is 5.97 Å². The van der Waals surface area contributed by atoms with Gasteiger partial charge in [0.05, 0.1) is 6.04 Å². The standard InChI is InChI=1S/C26H44N10O5/c1-15(2)20(36-21(37)17(27)14-16-8-4-3-5-9-16)23(39)34-18(10-6-12-32-25(28)29)22(38)35-19(24(40)41)11-7-13-33-26(30)31/h3-5,8-9,15,17-20H,6-7,10-14,27H2,1-2H3,(H,34,39)(H,35,38)(H,36,37)(H,40,41)(H4,28,29,32)(H4,30,31,33). The number of carbonyl (C=O) groups is 4. The smallest absolute Gasteiger partial charge is 0.326 e. The minimum atomic E-state index is -1.26. The number of aliphatic carboxylic acids is 1. The lowest BCUT2D eigenvalue weighted by atomic mass is 10.0. The van der Waals surface area contributed by atoms with Gasteiger partial charge in [0.15, 0.2) is 11.9 Å². The van der Waals surface area contributed by atoms with E-state index in [-0.39, 0.29) is 50.2 Å². The van der Waals surface area contributed by atoms with Gasteiger partial charge in [-0.05, 0) is 43.6 Å².